The predicted molar refractivity (Wildman–Crippen MR) is 115 cm³/mol. The number of carbonyl (C=O) groups is 1. The lowest BCUT2D eigenvalue weighted by Gasteiger charge is -2.27. The van der Waals surface area contributed by atoms with E-state index in [9.17, 15) is 4.79 Å². The van der Waals surface area contributed by atoms with Crippen LogP contribution in [0.25, 0.3) is 0 Å². The summed E-state index contributed by atoms with van der Waals surface area (Å²) in [5.74, 6) is 1.35. The van der Waals surface area contributed by atoms with Crippen LogP contribution in [-0.2, 0) is 24.9 Å². The molecule has 0 spiro atoms. The summed E-state index contributed by atoms with van der Waals surface area (Å²) in [5.41, 5.74) is 4.00. The number of carbonyl (C=O) groups excluding carboxylic acids is 1. The Labute approximate surface area is 174 Å². The molecule has 1 amide bonds. The summed E-state index contributed by atoms with van der Waals surface area (Å²) in [7, 11) is 7.52. The molecular weight excluding hydrogens is 364 g/mol. The molecule has 3 rings (SSSR count). The number of amides is 1. The molecule has 29 heavy (non-hydrogen) atoms. The van der Waals surface area contributed by atoms with Gasteiger partial charge in [0.05, 0.1) is 24.5 Å². The molecule has 6 nitrogen and oxygen atoms in total. The molecule has 1 aliphatic carbocycles. The zero-order valence-corrected chi connectivity index (χ0v) is 18.1. The first-order valence-corrected chi connectivity index (χ1v) is 10.5. The number of hydrogen-bond acceptors (Lipinski definition) is 4. The number of aromatic nitrogens is 2. The molecule has 1 aromatic heterocycles. The van der Waals surface area contributed by atoms with Crippen molar-refractivity contribution in [1.29, 1.82) is 0 Å². The maximum Gasteiger partial charge on any atom is 0.253 e. The number of benzene rings is 1. The molecule has 6 heteroatoms. The van der Waals surface area contributed by atoms with Crippen molar-refractivity contribution in [3.63, 3.8) is 0 Å². The standard InChI is InChI=1S/C23H34N4O2/c1-24-14-17-5-9-19(10-6-17)22-13-21(27(3)25-22)15-26(2)23(28)20-11-7-18(8-12-20)16-29-4/h7-8,11-13,17,19,24H,5-6,9-10,14-16H2,1-4H3. The van der Waals surface area contributed by atoms with Crippen molar-refractivity contribution < 1.29 is 9.53 Å². The normalized spacial score (nSPS) is 19.3. The van der Waals surface area contributed by atoms with Gasteiger partial charge in [-0.2, -0.15) is 5.10 Å². The Bertz CT molecular complexity index is 792. The van der Waals surface area contributed by atoms with Crippen molar-refractivity contribution in [3.05, 3.63) is 52.8 Å². The van der Waals surface area contributed by atoms with Crippen LogP contribution in [0.4, 0.5) is 0 Å². The summed E-state index contributed by atoms with van der Waals surface area (Å²) in [6, 6.07) is 9.81. The van der Waals surface area contributed by atoms with E-state index in [1.54, 1.807) is 12.0 Å². The molecule has 1 fully saturated rings. The van der Waals surface area contributed by atoms with Gasteiger partial charge in [0, 0.05) is 32.7 Å². The summed E-state index contributed by atoms with van der Waals surface area (Å²) in [6.45, 7) is 2.22. The van der Waals surface area contributed by atoms with Gasteiger partial charge in [-0.15, -0.1) is 0 Å². The van der Waals surface area contributed by atoms with Crippen LogP contribution in [0.2, 0.25) is 0 Å². The Morgan fingerprint density at radius 1 is 1.24 bits per heavy atom. The van der Waals surface area contributed by atoms with Crippen molar-refractivity contribution in [1.82, 2.24) is 20.0 Å². The molecule has 0 aliphatic heterocycles. The summed E-state index contributed by atoms with van der Waals surface area (Å²) in [6.07, 6.45) is 4.92. The predicted octanol–water partition coefficient (Wildman–Crippen LogP) is 3.33. The average molecular weight is 399 g/mol. The third-order valence-electron chi connectivity index (χ3n) is 6.01. The molecule has 1 saturated carbocycles. The van der Waals surface area contributed by atoms with E-state index in [4.69, 9.17) is 9.84 Å². The van der Waals surface area contributed by atoms with Crippen molar-refractivity contribution in [3.8, 4) is 0 Å². The zero-order valence-electron chi connectivity index (χ0n) is 18.1. The third kappa shape index (κ3) is 5.46. The van der Waals surface area contributed by atoms with Gasteiger partial charge in [-0.3, -0.25) is 9.48 Å². The van der Waals surface area contributed by atoms with E-state index in [2.05, 4.69) is 11.4 Å². The van der Waals surface area contributed by atoms with E-state index < -0.39 is 0 Å². The van der Waals surface area contributed by atoms with E-state index >= 15 is 0 Å². The van der Waals surface area contributed by atoms with Crippen LogP contribution >= 0.6 is 0 Å². The molecule has 2 aromatic rings. The van der Waals surface area contributed by atoms with Crippen molar-refractivity contribution >= 4 is 5.91 Å². The molecule has 0 unspecified atom stereocenters. The zero-order chi connectivity index (χ0) is 20.8. The van der Waals surface area contributed by atoms with Crippen LogP contribution in [0.3, 0.4) is 0 Å². The van der Waals surface area contributed by atoms with E-state index in [-0.39, 0.29) is 5.91 Å². The van der Waals surface area contributed by atoms with E-state index in [1.165, 1.54) is 31.4 Å². The van der Waals surface area contributed by atoms with Gasteiger partial charge in [0.1, 0.15) is 0 Å². The summed E-state index contributed by atoms with van der Waals surface area (Å²) in [4.78, 5) is 14.6. The Morgan fingerprint density at radius 2 is 1.93 bits per heavy atom. The fourth-order valence-electron chi connectivity index (χ4n) is 4.27. The first-order chi connectivity index (χ1) is 14.0. The lowest BCUT2D eigenvalue weighted by atomic mass is 9.80. The molecule has 1 N–H and O–H groups in total. The second-order valence-electron chi connectivity index (χ2n) is 8.25. The van der Waals surface area contributed by atoms with Crippen molar-refractivity contribution in [2.75, 3.05) is 27.7 Å². The maximum atomic E-state index is 12.8. The second kappa shape index (κ2) is 10.0. The summed E-state index contributed by atoms with van der Waals surface area (Å²) in [5, 5.41) is 8.07. The van der Waals surface area contributed by atoms with Gasteiger partial charge in [0.15, 0.2) is 0 Å². The Kier molecular flexibility index (Phi) is 7.45. The number of aryl methyl sites for hydroxylation is 1. The highest BCUT2D eigenvalue weighted by Crippen LogP contribution is 2.35. The van der Waals surface area contributed by atoms with Crippen molar-refractivity contribution in [2.24, 2.45) is 13.0 Å². The lowest BCUT2D eigenvalue weighted by Crippen LogP contribution is -2.27. The van der Waals surface area contributed by atoms with Gasteiger partial charge in [-0.05, 0) is 69.0 Å². The molecule has 0 radical (unpaired) electrons. The van der Waals surface area contributed by atoms with E-state index in [0.29, 0.717) is 24.6 Å². The summed E-state index contributed by atoms with van der Waals surface area (Å²) < 4.78 is 7.06. The molecule has 0 atom stereocenters. The van der Waals surface area contributed by atoms with Crippen LogP contribution in [-0.4, -0.2) is 48.3 Å². The molecule has 0 bridgehead atoms. The van der Waals surface area contributed by atoms with Gasteiger partial charge in [-0.1, -0.05) is 12.1 Å². The fraction of sp³-hybridized carbons (Fsp3) is 0.565. The second-order valence-corrected chi connectivity index (χ2v) is 8.25. The smallest absolute Gasteiger partial charge is 0.253 e. The van der Waals surface area contributed by atoms with Crippen LogP contribution in [0.1, 0.15) is 58.9 Å². The highest BCUT2D eigenvalue weighted by molar-refractivity contribution is 5.94. The first kappa shape index (κ1) is 21.5. The molecule has 158 valence electrons. The van der Waals surface area contributed by atoms with Crippen LogP contribution in [0, 0.1) is 5.92 Å². The van der Waals surface area contributed by atoms with Crippen LogP contribution in [0.5, 0.6) is 0 Å². The monoisotopic (exact) mass is 398 g/mol. The molecular formula is C23H34N4O2. The number of methoxy groups -OCH3 is 1. The topological polar surface area (TPSA) is 59.4 Å². The minimum absolute atomic E-state index is 0.0179. The Hall–Kier alpha value is -2.18. The lowest BCUT2D eigenvalue weighted by molar-refractivity contribution is 0.0782. The molecule has 0 saturated heterocycles. The minimum atomic E-state index is 0.0179. The van der Waals surface area contributed by atoms with Gasteiger partial charge in [-0.25, -0.2) is 0 Å². The van der Waals surface area contributed by atoms with E-state index in [0.717, 1.165) is 23.7 Å². The van der Waals surface area contributed by atoms with Crippen LogP contribution < -0.4 is 5.32 Å². The van der Waals surface area contributed by atoms with Gasteiger partial charge < -0.3 is 15.0 Å². The first-order valence-electron chi connectivity index (χ1n) is 10.5. The van der Waals surface area contributed by atoms with E-state index in [1.807, 2.05) is 50.1 Å². The van der Waals surface area contributed by atoms with Gasteiger partial charge in [0.2, 0.25) is 0 Å². The van der Waals surface area contributed by atoms with Crippen LogP contribution in [0.15, 0.2) is 30.3 Å². The highest BCUT2D eigenvalue weighted by atomic mass is 16.5. The Balaban J connectivity index is 1.60. The highest BCUT2D eigenvalue weighted by Gasteiger charge is 2.25. The molecule has 1 aromatic carbocycles. The number of nitrogens with zero attached hydrogens (tertiary/aromatic N) is 3. The number of nitrogens with one attached hydrogen (secondary N) is 1. The number of ether oxygens (including phenoxy) is 1. The summed E-state index contributed by atoms with van der Waals surface area (Å²) >= 11 is 0. The number of hydrogen-bond donors (Lipinski definition) is 1. The fourth-order valence-corrected chi connectivity index (χ4v) is 4.27. The largest absolute Gasteiger partial charge is 0.380 e. The Morgan fingerprint density at radius 3 is 2.55 bits per heavy atom. The number of rotatable bonds is 8. The third-order valence-corrected chi connectivity index (χ3v) is 6.01. The molecule has 1 aliphatic rings. The van der Waals surface area contributed by atoms with Crippen molar-refractivity contribution in [2.45, 2.75) is 44.8 Å². The average Bonchev–Trinajstić information content (AvgIpc) is 3.09. The van der Waals surface area contributed by atoms with Gasteiger partial charge >= 0.3 is 0 Å². The van der Waals surface area contributed by atoms with Gasteiger partial charge in [0.25, 0.3) is 5.91 Å². The quantitative estimate of drug-likeness (QED) is 0.741. The molecule has 1 heterocycles. The minimum Gasteiger partial charge on any atom is -0.380 e. The SMILES string of the molecule is CNCC1CCC(c2cc(CN(C)C(=O)c3ccc(COC)cc3)n(C)n2)CC1. The maximum absolute atomic E-state index is 12.8.